The van der Waals surface area contributed by atoms with Gasteiger partial charge < -0.3 is 23.4 Å². The Hall–Kier alpha value is -3.06. The molecule has 0 spiro atoms. The van der Waals surface area contributed by atoms with Crippen LogP contribution in [0.2, 0.25) is 43.8 Å². The fourth-order valence-electron chi connectivity index (χ4n) is 6.35. The number of rotatable bonds is 12. The van der Waals surface area contributed by atoms with Crippen LogP contribution >= 0.6 is 0 Å². The maximum absolute atomic E-state index is 16.0. The van der Waals surface area contributed by atoms with Crippen molar-refractivity contribution in [3.63, 3.8) is 0 Å². The summed E-state index contributed by atoms with van der Waals surface area (Å²) in [5.74, 6) is -2.49. The Kier molecular flexibility index (Phi) is 11.4. The molecule has 0 bridgehead atoms. The van der Waals surface area contributed by atoms with Gasteiger partial charge in [-0.25, -0.2) is 22.4 Å². The smallest absolute Gasteiger partial charge is 0.198 e. The van der Waals surface area contributed by atoms with E-state index < -0.39 is 60.9 Å². The van der Waals surface area contributed by atoms with Gasteiger partial charge in [0.25, 0.3) is 0 Å². The molecule has 4 atom stereocenters. The van der Waals surface area contributed by atoms with Crippen LogP contribution in [0.1, 0.15) is 20.8 Å². The van der Waals surface area contributed by atoms with Crippen LogP contribution in [0.4, 0.5) is 18.9 Å². The van der Waals surface area contributed by atoms with Crippen LogP contribution in [0.5, 0.6) is 5.88 Å². The maximum atomic E-state index is 16.0. The van der Waals surface area contributed by atoms with Gasteiger partial charge in [-0.1, -0.05) is 52.5 Å². The second-order valence-electron chi connectivity index (χ2n) is 17.3. The van der Waals surface area contributed by atoms with Gasteiger partial charge in [0.05, 0.1) is 41.6 Å². The Bertz CT molecular complexity index is 2110. The summed E-state index contributed by atoms with van der Waals surface area (Å²) in [6.07, 6.45) is 1.64. The molecule has 0 radical (unpaired) electrons. The van der Waals surface area contributed by atoms with Crippen molar-refractivity contribution in [2.24, 2.45) is 4.36 Å². The van der Waals surface area contributed by atoms with Gasteiger partial charge in [-0.15, -0.1) is 0 Å². The zero-order valence-corrected chi connectivity index (χ0v) is 35.6. The molecule has 0 saturated carbocycles. The van der Waals surface area contributed by atoms with Gasteiger partial charge in [0.2, 0.25) is 0 Å². The second kappa shape index (κ2) is 15.1. The lowest BCUT2D eigenvalue weighted by atomic mass is 10.0. The first-order chi connectivity index (χ1) is 25.1. The molecule has 15 heteroatoms. The number of aromatic nitrogens is 2. The maximum Gasteiger partial charge on any atom is 0.198 e. The fraction of sp³-hybridized carbons (Fsp3) is 0.513. The normalized spacial score (nSPS) is 20.8. The number of benzene rings is 2. The summed E-state index contributed by atoms with van der Waals surface area (Å²) in [5, 5.41) is 0.0198. The van der Waals surface area contributed by atoms with E-state index in [1.807, 2.05) is 0 Å². The molecule has 9 nitrogen and oxygen atoms in total. The minimum atomic E-state index is -2.38. The summed E-state index contributed by atoms with van der Waals surface area (Å²) < 4.78 is 97.1. The molecule has 2 aliphatic rings. The Balaban J connectivity index is 1.30. The monoisotopic (exact) mass is 803 g/mol. The summed E-state index contributed by atoms with van der Waals surface area (Å²) in [6, 6.07) is 12.6. The summed E-state index contributed by atoms with van der Waals surface area (Å²) in [6.45, 7) is 18.9. The average molecular weight is 804 g/mol. The molecule has 2 aromatic heterocycles. The van der Waals surface area contributed by atoms with Crippen LogP contribution in [0.25, 0.3) is 33.4 Å². The van der Waals surface area contributed by atoms with Crippen LogP contribution in [-0.2, 0) is 35.1 Å². The minimum absolute atomic E-state index is 0.0198. The molecule has 0 amide bonds. The Labute approximate surface area is 318 Å². The summed E-state index contributed by atoms with van der Waals surface area (Å²) >= 11 is 0. The third-order valence-electron chi connectivity index (χ3n) is 10.3. The molecule has 4 heterocycles. The van der Waals surface area contributed by atoms with Crippen LogP contribution in [0.3, 0.4) is 0 Å². The number of hydrogen-bond donors (Lipinski definition) is 0. The lowest BCUT2D eigenvalue weighted by Gasteiger charge is -2.39. The quantitative estimate of drug-likeness (QED) is 0.104. The predicted molar refractivity (Wildman–Crippen MR) is 213 cm³/mol. The van der Waals surface area contributed by atoms with E-state index >= 15 is 13.2 Å². The molecular formula is C39H52F3N3O6SSi2. The molecule has 2 fully saturated rings. The summed E-state index contributed by atoms with van der Waals surface area (Å²) in [5.41, 5.74) is 0.833. The van der Waals surface area contributed by atoms with Crippen molar-refractivity contribution < 1.29 is 40.8 Å². The van der Waals surface area contributed by atoms with Crippen LogP contribution < -0.4 is 4.74 Å². The third kappa shape index (κ3) is 8.98. The molecule has 1 unspecified atom stereocenters. The average Bonchev–Trinajstić information content (AvgIpc) is 3.72. The van der Waals surface area contributed by atoms with Gasteiger partial charge >= 0.3 is 0 Å². The lowest BCUT2D eigenvalue weighted by Crippen LogP contribution is -2.47. The van der Waals surface area contributed by atoms with Gasteiger partial charge in [-0.2, -0.15) is 4.36 Å². The highest BCUT2D eigenvalue weighted by Gasteiger charge is 2.52. The Morgan fingerprint density at radius 3 is 2.09 bits per heavy atom. The van der Waals surface area contributed by atoms with Crippen LogP contribution in [0.15, 0.2) is 52.9 Å². The van der Waals surface area contributed by atoms with E-state index in [1.165, 1.54) is 18.6 Å². The highest BCUT2D eigenvalue weighted by molar-refractivity contribution is 7.92. The molecule has 6 rings (SSSR count). The molecule has 2 aliphatic heterocycles. The van der Waals surface area contributed by atoms with E-state index in [0.717, 1.165) is 18.2 Å². The standard InChI is InChI=1S/C39H52F3N3O6SSi2/c1-39(2,3)54(9,10)51-33-22-49-37-32(21-48-38(33)37)50-34-20-30-31(45(34)23-47-15-16-53(6,7)8)19-29(42)36(43-30)35-27(40)17-25(18-28(35)41)24-11-13-26(14-12-24)44-52(4,5)46/h11-14,17-20,32-33,37-38H,15-16,21-23H2,1-10H3/t32-,33?,37-,38-/m1/s1. The van der Waals surface area contributed by atoms with Gasteiger partial charge in [-0.05, 0) is 59.6 Å². The van der Waals surface area contributed by atoms with E-state index in [-0.39, 0.29) is 47.8 Å². The van der Waals surface area contributed by atoms with E-state index in [1.54, 1.807) is 34.9 Å². The number of nitrogens with zero attached hydrogens (tertiary/aromatic N) is 3. The Morgan fingerprint density at radius 1 is 0.889 bits per heavy atom. The van der Waals surface area contributed by atoms with Crippen molar-refractivity contribution >= 4 is 42.8 Å². The molecule has 0 N–H and O–H groups in total. The lowest BCUT2D eigenvalue weighted by molar-refractivity contribution is 0.00859. The van der Waals surface area contributed by atoms with Crippen molar-refractivity contribution in [1.29, 1.82) is 0 Å². The number of halogens is 3. The van der Waals surface area contributed by atoms with Gasteiger partial charge in [0, 0.05) is 49.1 Å². The third-order valence-corrected chi connectivity index (χ3v) is 17.2. The molecule has 0 aliphatic carbocycles. The van der Waals surface area contributed by atoms with Crippen molar-refractivity contribution in [3.05, 3.63) is 66.0 Å². The molecule has 294 valence electrons. The molecule has 2 aromatic carbocycles. The SMILES string of the molecule is CC(C)(C)[Si](C)(C)OC1CO[C@H]2[C@@H]1OC[C@H]2Oc1cc2nc(-c3c(F)cc(-c4ccc(N=S(C)(C)=O)cc4)cc3F)c(F)cc2n1COCC[Si](C)(C)C. The van der Waals surface area contributed by atoms with Gasteiger partial charge in [0.15, 0.2) is 26.1 Å². The van der Waals surface area contributed by atoms with Crippen molar-refractivity contribution in [2.75, 3.05) is 32.3 Å². The van der Waals surface area contributed by atoms with E-state index in [4.69, 9.17) is 23.4 Å². The second-order valence-corrected chi connectivity index (χ2v) is 30.2. The number of fused-ring (bicyclic) bond motifs is 2. The number of pyridine rings is 1. The molecule has 54 heavy (non-hydrogen) atoms. The first-order valence-electron chi connectivity index (χ1n) is 18.2. The van der Waals surface area contributed by atoms with Crippen LogP contribution in [0, 0.1) is 17.5 Å². The minimum Gasteiger partial charge on any atom is -0.470 e. The zero-order chi connectivity index (χ0) is 39.4. The molecule has 4 aromatic rings. The fourth-order valence-corrected chi connectivity index (χ4v) is 9.04. The highest BCUT2D eigenvalue weighted by atomic mass is 32.2. The Morgan fingerprint density at radius 2 is 1.50 bits per heavy atom. The molecule has 2 saturated heterocycles. The van der Waals surface area contributed by atoms with Crippen LogP contribution in [-0.4, -0.2) is 86.9 Å². The zero-order valence-electron chi connectivity index (χ0n) is 32.8. The van der Waals surface area contributed by atoms with Crippen molar-refractivity contribution in [3.8, 4) is 28.3 Å². The number of ether oxygens (including phenoxy) is 4. The van der Waals surface area contributed by atoms with E-state index in [2.05, 4.69) is 62.9 Å². The van der Waals surface area contributed by atoms with Crippen molar-refractivity contribution in [1.82, 2.24) is 9.55 Å². The topological polar surface area (TPSA) is 93.4 Å². The van der Waals surface area contributed by atoms with Crippen molar-refractivity contribution in [2.45, 2.75) is 95.7 Å². The highest BCUT2D eigenvalue weighted by Crippen LogP contribution is 2.41. The molecular weight excluding hydrogens is 752 g/mol. The van der Waals surface area contributed by atoms with E-state index in [9.17, 15) is 4.21 Å². The first-order valence-corrected chi connectivity index (χ1v) is 27.2. The summed E-state index contributed by atoms with van der Waals surface area (Å²) in [7, 11) is -5.86. The number of hydrogen-bond acceptors (Lipinski definition) is 8. The summed E-state index contributed by atoms with van der Waals surface area (Å²) in [4.78, 5) is 4.46. The van der Waals surface area contributed by atoms with Gasteiger partial charge in [-0.3, -0.25) is 4.57 Å². The van der Waals surface area contributed by atoms with E-state index in [0.29, 0.717) is 35.9 Å². The van der Waals surface area contributed by atoms with Gasteiger partial charge in [0.1, 0.15) is 36.3 Å². The predicted octanol–water partition coefficient (Wildman–Crippen LogP) is 9.39. The largest absolute Gasteiger partial charge is 0.470 e. The first kappa shape index (κ1) is 40.6.